The summed E-state index contributed by atoms with van der Waals surface area (Å²) < 4.78 is 10.1. The number of nitrogens with one attached hydrogen (secondary N) is 1. The number of hydrogen-bond acceptors (Lipinski definition) is 5. The number of hydrogen-bond donors (Lipinski definition) is 1. The predicted molar refractivity (Wildman–Crippen MR) is 82.5 cm³/mol. The summed E-state index contributed by atoms with van der Waals surface area (Å²) in [6.07, 6.45) is 3.72. The first-order valence-corrected chi connectivity index (χ1v) is 6.90. The Morgan fingerprint density at radius 2 is 2.00 bits per heavy atom. The Morgan fingerprint density at radius 1 is 1.27 bits per heavy atom. The van der Waals surface area contributed by atoms with Crippen molar-refractivity contribution in [1.29, 1.82) is 0 Å². The molecule has 0 heterocycles. The van der Waals surface area contributed by atoms with Gasteiger partial charge in [0.05, 0.1) is 18.1 Å². The van der Waals surface area contributed by atoms with Crippen molar-refractivity contribution in [3.63, 3.8) is 0 Å². The molecule has 0 atom stereocenters. The van der Waals surface area contributed by atoms with E-state index < -0.39 is 4.92 Å². The molecule has 1 aromatic carbocycles. The van der Waals surface area contributed by atoms with Crippen molar-refractivity contribution in [2.75, 3.05) is 33.5 Å². The van der Waals surface area contributed by atoms with Crippen LogP contribution in [0.15, 0.2) is 30.3 Å². The maximum Gasteiger partial charge on any atom is 0.269 e. The minimum atomic E-state index is -0.463. The smallest absolute Gasteiger partial charge is 0.269 e. The number of rotatable bonds is 10. The molecule has 0 fully saturated rings. The Balaban J connectivity index is 2.22. The minimum Gasteiger partial charge on any atom is -0.382 e. The largest absolute Gasteiger partial charge is 0.382 e. The van der Waals surface area contributed by atoms with Gasteiger partial charge in [0.25, 0.3) is 5.69 Å². The highest BCUT2D eigenvalue weighted by atomic mass is 16.6. The molecule has 120 valence electrons. The van der Waals surface area contributed by atoms with Crippen LogP contribution in [-0.2, 0) is 14.3 Å². The number of benzene rings is 1. The van der Waals surface area contributed by atoms with Gasteiger partial charge in [0.15, 0.2) is 0 Å². The minimum absolute atomic E-state index is 0.0232. The summed E-state index contributed by atoms with van der Waals surface area (Å²) in [5, 5.41) is 13.2. The molecule has 7 nitrogen and oxygen atoms in total. The van der Waals surface area contributed by atoms with Crippen LogP contribution in [0.3, 0.4) is 0 Å². The van der Waals surface area contributed by atoms with Crippen molar-refractivity contribution in [3.8, 4) is 0 Å². The van der Waals surface area contributed by atoms with Crippen LogP contribution in [0.2, 0.25) is 0 Å². The summed E-state index contributed by atoms with van der Waals surface area (Å²) in [6.45, 7) is 2.20. The molecular formula is C15H20N2O5. The van der Waals surface area contributed by atoms with E-state index in [2.05, 4.69) is 5.32 Å². The Bertz CT molecular complexity index is 499. The maximum absolute atomic E-state index is 11.6. The number of amides is 1. The Labute approximate surface area is 129 Å². The van der Waals surface area contributed by atoms with Crippen LogP contribution in [0.1, 0.15) is 12.0 Å². The van der Waals surface area contributed by atoms with Crippen LogP contribution < -0.4 is 5.32 Å². The van der Waals surface area contributed by atoms with E-state index in [1.54, 1.807) is 25.3 Å². The van der Waals surface area contributed by atoms with Crippen LogP contribution in [0.5, 0.6) is 0 Å². The average Bonchev–Trinajstić information content (AvgIpc) is 2.52. The molecule has 1 aromatic rings. The fourth-order valence-corrected chi connectivity index (χ4v) is 1.57. The van der Waals surface area contributed by atoms with Crippen LogP contribution in [-0.4, -0.2) is 44.3 Å². The Kier molecular flexibility index (Phi) is 8.47. The lowest BCUT2D eigenvalue weighted by Gasteiger charge is -2.04. The van der Waals surface area contributed by atoms with E-state index in [1.807, 2.05) is 0 Å². The zero-order valence-electron chi connectivity index (χ0n) is 12.5. The van der Waals surface area contributed by atoms with E-state index in [4.69, 9.17) is 9.47 Å². The molecule has 0 bridgehead atoms. The van der Waals surface area contributed by atoms with E-state index in [-0.39, 0.29) is 11.6 Å². The summed E-state index contributed by atoms with van der Waals surface area (Å²) in [5.74, 6) is -0.213. The number of non-ortho nitro benzene ring substituents is 1. The summed E-state index contributed by atoms with van der Waals surface area (Å²) in [6, 6.07) is 5.97. The van der Waals surface area contributed by atoms with Gasteiger partial charge in [-0.2, -0.15) is 0 Å². The van der Waals surface area contributed by atoms with Gasteiger partial charge in [-0.3, -0.25) is 14.9 Å². The van der Waals surface area contributed by atoms with E-state index in [9.17, 15) is 14.9 Å². The van der Waals surface area contributed by atoms with Gasteiger partial charge in [-0.05, 0) is 30.2 Å². The third-order valence-corrected chi connectivity index (χ3v) is 2.73. The Morgan fingerprint density at radius 3 is 2.64 bits per heavy atom. The molecule has 22 heavy (non-hydrogen) atoms. The molecule has 0 aliphatic rings. The molecule has 0 aliphatic heterocycles. The zero-order chi connectivity index (χ0) is 16.2. The van der Waals surface area contributed by atoms with Crippen LogP contribution in [0.25, 0.3) is 6.08 Å². The van der Waals surface area contributed by atoms with Crippen LogP contribution >= 0.6 is 0 Å². The lowest BCUT2D eigenvalue weighted by Crippen LogP contribution is -2.23. The zero-order valence-corrected chi connectivity index (χ0v) is 12.5. The summed E-state index contributed by atoms with van der Waals surface area (Å²) in [5.41, 5.74) is 0.749. The van der Waals surface area contributed by atoms with Crippen molar-refractivity contribution in [2.24, 2.45) is 0 Å². The van der Waals surface area contributed by atoms with E-state index in [1.165, 1.54) is 18.2 Å². The summed E-state index contributed by atoms with van der Waals surface area (Å²) in [7, 11) is 1.61. The number of nitro benzene ring substituents is 1. The molecule has 0 saturated carbocycles. The molecule has 1 rings (SSSR count). The van der Waals surface area contributed by atoms with E-state index in [0.29, 0.717) is 26.4 Å². The van der Waals surface area contributed by atoms with Crippen molar-refractivity contribution in [1.82, 2.24) is 5.32 Å². The van der Waals surface area contributed by atoms with Crippen molar-refractivity contribution in [2.45, 2.75) is 6.42 Å². The van der Waals surface area contributed by atoms with Gasteiger partial charge in [-0.1, -0.05) is 0 Å². The monoisotopic (exact) mass is 308 g/mol. The first-order chi connectivity index (χ1) is 10.6. The molecule has 0 aromatic heterocycles. The number of nitro groups is 1. The lowest BCUT2D eigenvalue weighted by atomic mass is 10.2. The van der Waals surface area contributed by atoms with E-state index in [0.717, 1.165) is 12.0 Å². The van der Waals surface area contributed by atoms with Gasteiger partial charge < -0.3 is 14.8 Å². The van der Waals surface area contributed by atoms with Crippen molar-refractivity contribution in [3.05, 3.63) is 46.0 Å². The highest BCUT2D eigenvalue weighted by molar-refractivity contribution is 5.91. The second-order valence-corrected chi connectivity index (χ2v) is 4.43. The van der Waals surface area contributed by atoms with Crippen molar-refractivity contribution >= 4 is 17.7 Å². The van der Waals surface area contributed by atoms with Gasteiger partial charge in [0.2, 0.25) is 5.91 Å². The SMILES string of the molecule is COCCOCCCNC(=O)/C=C/c1ccc([N+](=O)[O-])cc1. The number of methoxy groups -OCH3 is 1. The third-order valence-electron chi connectivity index (χ3n) is 2.73. The molecule has 0 saturated heterocycles. The molecule has 0 unspecified atom stereocenters. The van der Waals surface area contributed by atoms with E-state index >= 15 is 0 Å². The molecule has 0 aliphatic carbocycles. The fraction of sp³-hybridized carbons (Fsp3) is 0.400. The summed E-state index contributed by atoms with van der Waals surface area (Å²) >= 11 is 0. The highest BCUT2D eigenvalue weighted by Crippen LogP contribution is 2.12. The molecule has 1 amide bonds. The third kappa shape index (κ3) is 7.51. The van der Waals surface area contributed by atoms with Gasteiger partial charge >= 0.3 is 0 Å². The van der Waals surface area contributed by atoms with Gasteiger partial charge in [0.1, 0.15) is 0 Å². The molecular weight excluding hydrogens is 288 g/mol. The summed E-state index contributed by atoms with van der Waals surface area (Å²) in [4.78, 5) is 21.6. The number of ether oxygens (including phenoxy) is 2. The number of nitrogens with zero attached hydrogens (tertiary/aromatic N) is 1. The van der Waals surface area contributed by atoms with Gasteiger partial charge in [-0.15, -0.1) is 0 Å². The lowest BCUT2D eigenvalue weighted by molar-refractivity contribution is -0.384. The molecule has 0 radical (unpaired) electrons. The van der Waals surface area contributed by atoms with Crippen LogP contribution in [0.4, 0.5) is 5.69 Å². The standard InChI is InChI=1S/C15H20N2O5/c1-21-11-12-22-10-2-9-16-15(18)8-5-13-3-6-14(7-4-13)17(19)20/h3-8H,2,9-12H2,1H3,(H,16,18)/b8-5+. The first-order valence-electron chi connectivity index (χ1n) is 6.90. The molecule has 0 spiro atoms. The molecule has 1 N–H and O–H groups in total. The number of carbonyl (C=O) groups excluding carboxylic acids is 1. The predicted octanol–water partition coefficient (Wildman–Crippen LogP) is 1.78. The topological polar surface area (TPSA) is 90.7 Å². The first kappa shape index (κ1) is 17.8. The van der Waals surface area contributed by atoms with Gasteiger partial charge in [0, 0.05) is 38.5 Å². The maximum atomic E-state index is 11.6. The second-order valence-electron chi connectivity index (χ2n) is 4.43. The fourth-order valence-electron chi connectivity index (χ4n) is 1.57. The van der Waals surface area contributed by atoms with Crippen LogP contribution in [0, 0.1) is 10.1 Å². The Hall–Kier alpha value is -2.25. The second kappa shape index (κ2) is 10.5. The quantitative estimate of drug-likeness (QED) is 0.308. The average molecular weight is 308 g/mol. The number of carbonyl (C=O) groups is 1. The molecule has 7 heteroatoms. The van der Waals surface area contributed by atoms with Gasteiger partial charge in [-0.25, -0.2) is 0 Å². The highest BCUT2D eigenvalue weighted by Gasteiger charge is 2.02. The normalized spacial score (nSPS) is 10.8. The van der Waals surface area contributed by atoms with Crippen molar-refractivity contribution < 1.29 is 19.2 Å².